The second-order valence-corrected chi connectivity index (χ2v) is 5.12. The molecule has 1 nitrogen and oxygen atoms in total. The number of aryl methyl sites for hydroxylation is 1. The minimum absolute atomic E-state index is 1.03. The van der Waals surface area contributed by atoms with Crippen LogP contribution in [0.4, 0.5) is 0 Å². The first-order valence-electron chi connectivity index (χ1n) is 7.26. The molecule has 2 rings (SSSR count). The summed E-state index contributed by atoms with van der Waals surface area (Å²) in [4.78, 5) is 0. The van der Waals surface area contributed by atoms with Gasteiger partial charge in [-0.15, -0.1) is 0 Å². The van der Waals surface area contributed by atoms with Gasteiger partial charge in [0.05, 0.1) is 0 Å². The van der Waals surface area contributed by atoms with E-state index in [1.54, 1.807) is 0 Å². The van der Waals surface area contributed by atoms with Crippen molar-refractivity contribution < 1.29 is 0 Å². The number of rotatable bonds is 7. The number of nitrogens with one attached hydrogen (secondary N) is 1. The van der Waals surface area contributed by atoms with Gasteiger partial charge in [-0.1, -0.05) is 61.2 Å². The predicted molar refractivity (Wildman–Crippen MR) is 88.0 cm³/mol. The number of hydrogen-bond acceptors (Lipinski definition) is 1. The Kier molecular flexibility index (Phi) is 5.57. The molecule has 0 aromatic heterocycles. The Hall–Kier alpha value is -1.86. The van der Waals surface area contributed by atoms with Crippen molar-refractivity contribution in [2.75, 3.05) is 13.1 Å². The van der Waals surface area contributed by atoms with E-state index < -0.39 is 0 Å². The summed E-state index contributed by atoms with van der Waals surface area (Å²) in [5.74, 6) is 0. The van der Waals surface area contributed by atoms with Gasteiger partial charge in [0.1, 0.15) is 0 Å². The third-order valence-corrected chi connectivity index (χ3v) is 3.64. The normalized spacial score (nSPS) is 10.4. The molecule has 0 spiro atoms. The van der Waals surface area contributed by atoms with Gasteiger partial charge < -0.3 is 5.32 Å². The van der Waals surface area contributed by atoms with Gasteiger partial charge in [0.15, 0.2) is 0 Å². The monoisotopic (exact) mass is 265 g/mol. The molecular weight excluding hydrogens is 242 g/mol. The zero-order chi connectivity index (χ0) is 14.2. The predicted octanol–water partition coefficient (Wildman–Crippen LogP) is 4.01. The van der Waals surface area contributed by atoms with E-state index in [2.05, 4.69) is 67.4 Å². The van der Waals surface area contributed by atoms with E-state index in [4.69, 9.17) is 0 Å². The maximum Gasteiger partial charge on any atom is -0.000812 e. The highest BCUT2D eigenvalue weighted by atomic mass is 14.8. The minimum Gasteiger partial charge on any atom is -0.316 e. The fourth-order valence-electron chi connectivity index (χ4n) is 2.29. The van der Waals surface area contributed by atoms with E-state index >= 15 is 0 Å². The van der Waals surface area contributed by atoms with Crippen molar-refractivity contribution >= 4 is 6.08 Å². The Morgan fingerprint density at radius 3 is 2.35 bits per heavy atom. The van der Waals surface area contributed by atoms with Crippen LogP contribution in [0.5, 0.6) is 0 Å². The molecule has 1 heteroatoms. The maximum atomic E-state index is 3.77. The molecule has 0 aliphatic heterocycles. The smallest absolute Gasteiger partial charge is 0.000812 e. The summed E-state index contributed by atoms with van der Waals surface area (Å²) in [5, 5.41) is 3.52. The zero-order valence-corrected chi connectivity index (χ0v) is 12.2. The summed E-state index contributed by atoms with van der Waals surface area (Å²) >= 11 is 0. The fraction of sp³-hybridized carbons (Fsp3) is 0.263. The van der Waals surface area contributed by atoms with Gasteiger partial charge in [-0.3, -0.25) is 0 Å². The average Bonchev–Trinajstić information content (AvgIpc) is 2.49. The molecule has 0 radical (unpaired) electrons. The van der Waals surface area contributed by atoms with Gasteiger partial charge in [-0.25, -0.2) is 0 Å². The molecule has 0 heterocycles. The molecule has 0 unspecified atom stereocenters. The van der Waals surface area contributed by atoms with Crippen LogP contribution in [0.15, 0.2) is 55.1 Å². The van der Waals surface area contributed by atoms with Gasteiger partial charge in [0.2, 0.25) is 0 Å². The summed E-state index contributed by atoms with van der Waals surface area (Å²) in [6.45, 7) is 8.01. The zero-order valence-electron chi connectivity index (χ0n) is 12.2. The molecule has 0 saturated heterocycles. The van der Waals surface area contributed by atoms with Crippen LogP contribution < -0.4 is 5.32 Å². The van der Waals surface area contributed by atoms with Crippen LogP contribution in [0.25, 0.3) is 6.08 Å². The van der Waals surface area contributed by atoms with Gasteiger partial charge in [-0.05, 0) is 55.1 Å². The standard InChI is InChI=1S/C19H23N/c1-3-17-8-10-18(11-9-17)12-14-20-15-13-19-7-5-4-6-16(19)2/h3-11,20H,1,12-15H2,2H3. The first-order valence-corrected chi connectivity index (χ1v) is 7.26. The summed E-state index contributed by atoms with van der Waals surface area (Å²) < 4.78 is 0. The largest absolute Gasteiger partial charge is 0.316 e. The SMILES string of the molecule is C=Cc1ccc(CCNCCc2ccccc2C)cc1. The molecule has 1 N–H and O–H groups in total. The molecule has 0 atom stereocenters. The third kappa shape index (κ3) is 4.36. The van der Waals surface area contributed by atoms with E-state index in [9.17, 15) is 0 Å². The molecular formula is C19H23N. The van der Waals surface area contributed by atoms with E-state index in [1.807, 2.05) is 6.08 Å². The van der Waals surface area contributed by atoms with Crippen molar-refractivity contribution in [1.82, 2.24) is 5.32 Å². The molecule has 104 valence electrons. The lowest BCUT2D eigenvalue weighted by Gasteiger charge is -2.07. The van der Waals surface area contributed by atoms with Crippen LogP contribution in [0.2, 0.25) is 0 Å². The summed E-state index contributed by atoms with van der Waals surface area (Å²) in [6, 6.07) is 17.2. The van der Waals surface area contributed by atoms with E-state index in [1.165, 1.54) is 22.3 Å². The van der Waals surface area contributed by atoms with Gasteiger partial charge in [-0.2, -0.15) is 0 Å². The van der Waals surface area contributed by atoms with E-state index in [0.29, 0.717) is 0 Å². The molecule has 20 heavy (non-hydrogen) atoms. The van der Waals surface area contributed by atoms with E-state index in [0.717, 1.165) is 25.9 Å². The van der Waals surface area contributed by atoms with Gasteiger partial charge in [0.25, 0.3) is 0 Å². The molecule has 0 bridgehead atoms. The first kappa shape index (κ1) is 14.5. The molecule has 0 aliphatic rings. The molecule has 2 aromatic rings. The highest BCUT2D eigenvalue weighted by Crippen LogP contribution is 2.07. The lowest BCUT2D eigenvalue weighted by atomic mass is 10.1. The van der Waals surface area contributed by atoms with Crippen molar-refractivity contribution in [3.63, 3.8) is 0 Å². The Bertz CT molecular complexity index is 540. The maximum absolute atomic E-state index is 3.77. The van der Waals surface area contributed by atoms with E-state index in [-0.39, 0.29) is 0 Å². The molecule has 2 aromatic carbocycles. The van der Waals surface area contributed by atoms with Crippen molar-refractivity contribution in [2.45, 2.75) is 19.8 Å². The second-order valence-electron chi connectivity index (χ2n) is 5.12. The van der Waals surface area contributed by atoms with Crippen molar-refractivity contribution in [1.29, 1.82) is 0 Å². The third-order valence-electron chi connectivity index (χ3n) is 3.64. The minimum atomic E-state index is 1.03. The van der Waals surface area contributed by atoms with Gasteiger partial charge in [0, 0.05) is 0 Å². The van der Waals surface area contributed by atoms with Crippen molar-refractivity contribution in [2.24, 2.45) is 0 Å². The lowest BCUT2D eigenvalue weighted by molar-refractivity contribution is 0.680. The molecule has 0 saturated carbocycles. The van der Waals surface area contributed by atoms with Crippen molar-refractivity contribution in [3.05, 3.63) is 77.4 Å². The van der Waals surface area contributed by atoms with Crippen LogP contribution in [0.1, 0.15) is 22.3 Å². The second kappa shape index (κ2) is 7.66. The number of hydrogen-bond donors (Lipinski definition) is 1. The van der Waals surface area contributed by atoms with Crippen LogP contribution in [-0.2, 0) is 12.8 Å². The summed E-state index contributed by atoms with van der Waals surface area (Å²) in [5.41, 5.74) is 5.38. The molecule has 0 fully saturated rings. The van der Waals surface area contributed by atoms with Crippen LogP contribution in [-0.4, -0.2) is 13.1 Å². The van der Waals surface area contributed by atoms with Crippen LogP contribution >= 0.6 is 0 Å². The Morgan fingerprint density at radius 1 is 0.950 bits per heavy atom. The number of benzene rings is 2. The molecule has 0 aliphatic carbocycles. The summed E-state index contributed by atoms with van der Waals surface area (Å²) in [7, 11) is 0. The Morgan fingerprint density at radius 2 is 1.65 bits per heavy atom. The van der Waals surface area contributed by atoms with Crippen LogP contribution in [0, 0.1) is 6.92 Å². The molecule has 0 amide bonds. The highest BCUT2D eigenvalue weighted by molar-refractivity contribution is 5.47. The lowest BCUT2D eigenvalue weighted by Crippen LogP contribution is -2.20. The Balaban J connectivity index is 1.68. The fourth-order valence-corrected chi connectivity index (χ4v) is 2.29. The highest BCUT2D eigenvalue weighted by Gasteiger charge is 1.97. The van der Waals surface area contributed by atoms with Crippen molar-refractivity contribution in [3.8, 4) is 0 Å². The average molecular weight is 265 g/mol. The quantitative estimate of drug-likeness (QED) is 0.746. The topological polar surface area (TPSA) is 12.0 Å². The first-order chi connectivity index (χ1) is 9.79. The summed E-state index contributed by atoms with van der Waals surface area (Å²) in [6.07, 6.45) is 4.05. The van der Waals surface area contributed by atoms with Gasteiger partial charge >= 0.3 is 0 Å². The Labute approximate surface area is 122 Å². The van der Waals surface area contributed by atoms with Crippen LogP contribution in [0.3, 0.4) is 0 Å².